The van der Waals surface area contributed by atoms with E-state index < -0.39 is 0 Å². The summed E-state index contributed by atoms with van der Waals surface area (Å²) in [4.78, 5) is 12.3. The highest BCUT2D eigenvalue weighted by Crippen LogP contribution is 2.35. The van der Waals surface area contributed by atoms with E-state index in [-0.39, 0.29) is 36.8 Å². The van der Waals surface area contributed by atoms with Gasteiger partial charge in [-0.05, 0) is 22.6 Å². The van der Waals surface area contributed by atoms with Crippen LogP contribution < -0.4 is 10.1 Å². The maximum Gasteiger partial charge on any atom is 0.258 e. The Bertz CT molecular complexity index is 997. The third-order valence-electron chi connectivity index (χ3n) is 5.33. The van der Waals surface area contributed by atoms with Crippen LogP contribution in [0.5, 0.6) is 5.75 Å². The quantitative estimate of drug-likeness (QED) is 0.656. The molecule has 1 N–H and O–H groups in total. The largest absolute Gasteiger partial charge is 0.484 e. The van der Waals surface area contributed by atoms with Gasteiger partial charge >= 0.3 is 0 Å². The summed E-state index contributed by atoms with van der Waals surface area (Å²) in [5, 5.41) is 15.1. The molecule has 1 aromatic heterocycles. The zero-order chi connectivity index (χ0) is 20.3. The molecule has 0 saturated carbocycles. The Labute approximate surface area is 172 Å². The summed E-state index contributed by atoms with van der Waals surface area (Å²) in [5.74, 6) is 1.10. The highest BCUT2D eigenvalue weighted by atomic mass is 16.6. The smallest absolute Gasteiger partial charge is 0.258 e. The van der Waals surface area contributed by atoms with Gasteiger partial charge in [0.25, 0.3) is 5.91 Å². The minimum atomic E-state index is -0.261. The van der Waals surface area contributed by atoms with E-state index in [9.17, 15) is 4.79 Å². The van der Waals surface area contributed by atoms with Gasteiger partial charge < -0.3 is 19.5 Å². The maximum atomic E-state index is 12.3. The molecule has 154 valence electrons. The topological polar surface area (TPSA) is 100 Å². The summed E-state index contributed by atoms with van der Waals surface area (Å²) >= 11 is 0. The van der Waals surface area contributed by atoms with Crippen molar-refractivity contribution >= 4 is 5.91 Å². The molecule has 5 rings (SSSR count). The Morgan fingerprint density at radius 1 is 1.03 bits per heavy atom. The fraction of sp³-hybridized carbons (Fsp3) is 0.333. The summed E-state index contributed by atoms with van der Waals surface area (Å²) in [6, 6.07) is 18.6. The fourth-order valence-electron chi connectivity index (χ4n) is 3.92. The van der Waals surface area contributed by atoms with Crippen molar-refractivity contribution < 1.29 is 19.0 Å². The van der Waals surface area contributed by atoms with Crippen LogP contribution in [0.15, 0.2) is 60.7 Å². The Morgan fingerprint density at radius 2 is 1.77 bits per heavy atom. The van der Waals surface area contributed by atoms with Gasteiger partial charge in [0.2, 0.25) is 0 Å². The van der Waals surface area contributed by atoms with Crippen molar-refractivity contribution in [3.63, 3.8) is 0 Å². The van der Waals surface area contributed by atoms with Crippen LogP contribution in [0.4, 0.5) is 0 Å². The second-order valence-corrected chi connectivity index (χ2v) is 7.25. The molecule has 4 atom stereocenters. The van der Waals surface area contributed by atoms with Gasteiger partial charge in [0.05, 0.1) is 19.3 Å². The molecule has 0 bridgehead atoms. The van der Waals surface area contributed by atoms with Gasteiger partial charge in [0, 0.05) is 5.56 Å². The Balaban J connectivity index is 1.23. The first kappa shape index (κ1) is 18.7. The molecule has 2 fully saturated rings. The third-order valence-corrected chi connectivity index (χ3v) is 5.33. The second kappa shape index (κ2) is 8.21. The van der Waals surface area contributed by atoms with E-state index in [0.717, 1.165) is 5.56 Å². The van der Waals surface area contributed by atoms with Crippen LogP contribution in [0.3, 0.4) is 0 Å². The number of aromatic nitrogens is 4. The molecule has 2 saturated heterocycles. The lowest BCUT2D eigenvalue weighted by Crippen LogP contribution is -2.45. The zero-order valence-corrected chi connectivity index (χ0v) is 16.1. The summed E-state index contributed by atoms with van der Waals surface area (Å²) in [5.41, 5.74) is 0.923. The first-order valence-corrected chi connectivity index (χ1v) is 9.83. The Morgan fingerprint density at radius 3 is 2.57 bits per heavy atom. The van der Waals surface area contributed by atoms with E-state index in [4.69, 9.17) is 14.2 Å². The standard InChI is InChI=1S/C21H21N5O4/c27-18(13-28-15-9-5-2-6-10-15)22-16-11-29-20-17(12-30-19(16)20)26-21(23-24-25-26)14-7-3-1-4-8-14/h1-10,16-17,19-20H,11-13H2,(H,22,27). The number of hydrogen-bond acceptors (Lipinski definition) is 7. The van der Waals surface area contributed by atoms with Crippen LogP contribution in [-0.2, 0) is 14.3 Å². The minimum Gasteiger partial charge on any atom is -0.484 e. The average molecular weight is 407 g/mol. The van der Waals surface area contributed by atoms with Gasteiger partial charge in [-0.25, -0.2) is 4.68 Å². The van der Waals surface area contributed by atoms with Gasteiger partial charge in [-0.15, -0.1) is 5.10 Å². The van der Waals surface area contributed by atoms with Crippen LogP contribution in [-0.4, -0.2) is 64.2 Å². The van der Waals surface area contributed by atoms with E-state index in [1.807, 2.05) is 60.7 Å². The van der Waals surface area contributed by atoms with Gasteiger partial charge in [-0.1, -0.05) is 48.5 Å². The molecule has 2 aliphatic heterocycles. The summed E-state index contributed by atoms with van der Waals surface area (Å²) in [6.07, 6.45) is -0.500. The second-order valence-electron chi connectivity index (χ2n) is 7.25. The maximum absolute atomic E-state index is 12.3. The number of amides is 1. The molecule has 2 aromatic carbocycles. The van der Waals surface area contributed by atoms with E-state index >= 15 is 0 Å². The molecule has 3 aromatic rings. The number of nitrogens with one attached hydrogen (secondary N) is 1. The molecule has 0 radical (unpaired) electrons. The molecule has 3 heterocycles. The van der Waals surface area contributed by atoms with Gasteiger partial charge in [0.1, 0.15) is 24.0 Å². The predicted octanol–water partition coefficient (Wildman–Crippen LogP) is 1.24. The molecular formula is C21H21N5O4. The van der Waals surface area contributed by atoms with E-state index in [0.29, 0.717) is 24.8 Å². The van der Waals surface area contributed by atoms with E-state index in [1.165, 1.54) is 0 Å². The number of benzene rings is 2. The molecule has 9 nitrogen and oxygen atoms in total. The van der Waals surface area contributed by atoms with Crippen molar-refractivity contribution in [2.24, 2.45) is 0 Å². The number of fused-ring (bicyclic) bond motifs is 1. The number of nitrogens with zero attached hydrogens (tertiary/aromatic N) is 4. The monoisotopic (exact) mass is 407 g/mol. The average Bonchev–Trinajstić information content (AvgIpc) is 3.51. The SMILES string of the molecule is O=C(COc1ccccc1)NC1COC2C1OCC2n1nnnc1-c1ccccc1. The Hall–Kier alpha value is -3.30. The number of hydrogen-bond donors (Lipinski definition) is 1. The first-order valence-electron chi connectivity index (χ1n) is 9.83. The number of carbonyl (C=O) groups is 1. The molecule has 4 unspecified atom stereocenters. The van der Waals surface area contributed by atoms with E-state index in [2.05, 4.69) is 20.8 Å². The van der Waals surface area contributed by atoms with Crippen molar-refractivity contribution in [2.45, 2.75) is 24.3 Å². The number of rotatable bonds is 6. The highest BCUT2D eigenvalue weighted by molar-refractivity contribution is 5.78. The van der Waals surface area contributed by atoms with Crippen molar-refractivity contribution in [2.75, 3.05) is 19.8 Å². The fourth-order valence-corrected chi connectivity index (χ4v) is 3.92. The van der Waals surface area contributed by atoms with Crippen LogP contribution >= 0.6 is 0 Å². The molecular weight excluding hydrogens is 386 g/mol. The van der Waals surface area contributed by atoms with Gasteiger partial charge in [0.15, 0.2) is 12.4 Å². The number of para-hydroxylation sites is 1. The highest BCUT2D eigenvalue weighted by Gasteiger charge is 2.50. The number of carbonyl (C=O) groups excluding carboxylic acids is 1. The lowest BCUT2D eigenvalue weighted by atomic mass is 10.1. The van der Waals surface area contributed by atoms with Gasteiger partial charge in [-0.3, -0.25) is 4.79 Å². The molecule has 0 aliphatic carbocycles. The van der Waals surface area contributed by atoms with Crippen molar-refractivity contribution in [3.8, 4) is 17.1 Å². The van der Waals surface area contributed by atoms with Crippen LogP contribution in [0.1, 0.15) is 6.04 Å². The molecule has 2 aliphatic rings. The minimum absolute atomic E-state index is 0.0630. The zero-order valence-electron chi connectivity index (χ0n) is 16.1. The first-order chi connectivity index (χ1) is 14.8. The van der Waals surface area contributed by atoms with Crippen molar-refractivity contribution in [1.29, 1.82) is 0 Å². The summed E-state index contributed by atoms with van der Waals surface area (Å²) in [6.45, 7) is 0.714. The normalized spacial score (nSPS) is 25.1. The number of tetrazole rings is 1. The molecule has 1 amide bonds. The van der Waals surface area contributed by atoms with Crippen molar-refractivity contribution in [3.05, 3.63) is 60.7 Å². The lowest BCUT2D eigenvalue weighted by Gasteiger charge is -2.18. The van der Waals surface area contributed by atoms with Crippen molar-refractivity contribution in [1.82, 2.24) is 25.5 Å². The third kappa shape index (κ3) is 3.64. The Kier molecular flexibility index (Phi) is 5.12. The van der Waals surface area contributed by atoms with Crippen LogP contribution in [0.25, 0.3) is 11.4 Å². The van der Waals surface area contributed by atoms with Gasteiger partial charge in [-0.2, -0.15) is 0 Å². The molecule has 30 heavy (non-hydrogen) atoms. The molecule has 9 heteroatoms. The number of ether oxygens (including phenoxy) is 3. The lowest BCUT2D eigenvalue weighted by molar-refractivity contribution is -0.124. The molecule has 0 spiro atoms. The summed E-state index contributed by atoms with van der Waals surface area (Å²) in [7, 11) is 0. The van der Waals surface area contributed by atoms with Crippen LogP contribution in [0.2, 0.25) is 0 Å². The van der Waals surface area contributed by atoms with E-state index in [1.54, 1.807) is 4.68 Å². The predicted molar refractivity (Wildman–Crippen MR) is 106 cm³/mol. The van der Waals surface area contributed by atoms with Crippen LogP contribution in [0, 0.1) is 0 Å². The summed E-state index contributed by atoms with van der Waals surface area (Å²) < 4.78 is 19.2.